The van der Waals surface area contributed by atoms with Crippen LogP contribution in [-0.2, 0) is 35.2 Å². The number of carbonyl (C=O) groups is 6. The van der Waals surface area contributed by atoms with Crippen molar-refractivity contribution in [3.63, 3.8) is 0 Å². The lowest BCUT2D eigenvalue weighted by molar-refractivity contribution is -0.128. The molecule has 4 aromatic carbocycles. The third-order valence-electron chi connectivity index (χ3n) is 20.2. The molecule has 122 heavy (non-hydrogen) atoms. The molecule has 8 unspecified atom stereocenters. The molecule has 10 heterocycles. The number of carbonyl (C=O) groups excluding carboxylic acids is 5. The number of ether oxygens (including phenoxy) is 2. The van der Waals surface area contributed by atoms with Crippen LogP contribution >= 0.6 is 34.8 Å². The summed E-state index contributed by atoms with van der Waals surface area (Å²) in [6.07, 6.45) is -18.7. The molecular weight excluding hydrogens is 1680 g/mol. The minimum Gasteiger partial charge on any atom is -0.478 e. The highest BCUT2D eigenvalue weighted by molar-refractivity contribution is 6.40. The zero-order valence-corrected chi connectivity index (χ0v) is 69.9. The van der Waals surface area contributed by atoms with Crippen LogP contribution in [0.4, 0.5) is 74.0 Å². The Bertz CT molecular complexity index is 4640. The van der Waals surface area contributed by atoms with Gasteiger partial charge in [-0.05, 0) is 182 Å². The third-order valence-corrected chi connectivity index (χ3v) is 20.4. The molecule has 2 aromatic heterocycles. The number of piperidine rings is 4. The van der Waals surface area contributed by atoms with E-state index in [0.717, 1.165) is 64.0 Å². The molecule has 8 atom stereocenters. The fraction of sp³-hybridized carbons (Fsp3) is 0.524. The zero-order chi connectivity index (χ0) is 89.3. The topological polar surface area (TPSA) is 264 Å². The second kappa shape index (κ2) is 43.0. The van der Waals surface area contributed by atoms with Crippen molar-refractivity contribution in [1.82, 2.24) is 55.1 Å². The lowest BCUT2D eigenvalue weighted by atomic mass is 9.97. The first kappa shape index (κ1) is 99.3. The molecule has 0 radical (unpaired) electrons. The van der Waals surface area contributed by atoms with E-state index < -0.39 is 74.0 Å². The van der Waals surface area contributed by atoms with Gasteiger partial charge in [-0.25, -0.2) is 24.4 Å². The number of hydrogen-bond donors (Lipinski definition) is 3. The van der Waals surface area contributed by atoms with Gasteiger partial charge in [-0.15, -0.1) is 23.2 Å². The summed E-state index contributed by atoms with van der Waals surface area (Å²) in [6.45, 7) is 29.5. The molecule has 23 nitrogen and oxygen atoms in total. The van der Waals surface area contributed by atoms with E-state index in [1.807, 2.05) is 36.6 Å². The summed E-state index contributed by atoms with van der Waals surface area (Å²) in [7, 11) is 0. The Morgan fingerprint density at radius 3 is 1.32 bits per heavy atom. The highest BCUT2D eigenvalue weighted by Gasteiger charge is 2.47. The predicted molar refractivity (Wildman–Crippen MR) is 434 cm³/mol. The summed E-state index contributed by atoms with van der Waals surface area (Å²) in [5.74, 6) is -0.350. The van der Waals surface area contributed by atoms with E-state index in [0.29, 0.717) is 93.3 Å². The van der Waals surface area contributed by atoms with Gasteiger partial charge in [0.05, 0.1) is 48.7 Å². The number of hydrogen-bond acceptors (Lipinski definition) is 16. The maximum Gasteiger partial charge on any atom is 0.410 e. The average molecular weight is 1780 g/mol. The molecular formula is C84H99Cl3F12N14O9. The van der Waals surface area contributed by atoms with Crippen molar-refractivity contribution in [3.05, 3.63) is 187 Å². The number of rotatable bonds is 9. The minimum atomic E-state index is -4.38. The fourth-order valence-corrected chi connectivity index (χ4v) is 15.8. The number of aryl methyl sites for hydroxylation is 2. The smallest absolute Gasteiger partial charge is 0.410 e. The van der Waals surface area contributed by atoms with Crippen LogP contribution in [0.25, 0.3) is 4.85 Å². The fourth-order valence-electron chi connectivity index (χ4n) is 15.6. The molecule has 0 saturated carbocycles. The number of benzene rings is 4. The number of amides is 5. The van der Waals surface area contributed by atoms with Gasteiger partial charge in [-0.2, -0.15) is 62.9 Å². The second-order valence-electron chi connectivity index (χ2n) is 32.4. The Hall–Kier alpha value is -9.81. The SMILES string of the molecule is C.CC(C)(C)OC(=O)N1CC2CC1CN(C(=O)c1ccccc1CC(F)(F)F)C2.CC(C)(C)OC(=O)N1CC2CNCC1C2.Cc1cc(C#N)nc(Cl)n1.ClCCl.O=C(O)c1ccccc1CC(F)(F)F.O=C(c1ccccc1CC(F)(F)F)N1CC2CNC(C2)C1.[C-]#[N+]c1cc(C)nc(N2CC3CC2CN(C(=O)c2ccccc2CC(F)(F)F)C3)n1. The molecule has 6 aromatic rings. The molecule has 3 N–H and O–H groups in total. The van der Waals surface area contributed by atoms with E-state index >= 15 is 0 Å². The molecule has 38 heteroatoms. The van der Waals surface area contributed by atoms with Crippen LogP contribution in [0.15, 0.2) is 109 Å². The Labute approximate surface area is 715 Å². The van der Waals surface area contributed by atoms with Gasteiger partial charge in [-0.3, -0.25) is 14.4 Å². The molecule has 8 saturated heterocycles. The maximum absolute atomic E-state index is 13.1. The average Bonchev–Trinajstić information content (AvgIpc) is 1.60. The van der Waals surface area contributed by atoms with E-state index in [2.05, 4.69) is 35.4 Å². The van der Waals surface area contributed by atoms with Crippen LogP contribution in [0.5, 0.6) is 0 Å². The molecule has 8 aliphatic heterocycles. The molecule has 5 amide bonds. The Kier molecular flexibility index (Phi) is 35.0. The van der Waals surface area contributed by atoms with Gasteiger partial charge in [-0.1, -0.05) is 91.8 Å². The zero-order valence-electron chi connectivity index (χ0n) is 67.6. The van der Waals surface area contributed by atoms with Crippen molar-refractivity contribution in [2.24, 2.45) is 23.7 Å². The van der Waals surface area contributed by atoms with Crippen molar-refractivity contribution < 1.29 is 96.0 Å². The van der Waals surface area contributed by atoms with Gasteiger partial charge in [0.2, 0.25) is 5.28 Å². The summed E-state index contributed by atoms with van der Waals surface area (Å²) in [5.41, 5.74) is 0.566. The highest BCUT2D eigenvalue weighted by Crippen LogP contribution is 2.38. The van der Waals surface area contributed by atoms with Crippen molar-refractivity contribution in [3.8, 4) is 6.07 Å². The quantitative estimate of drug-likeness (QED) is 0.0526. The Morgan fingerprint density at radius 1 is 0.508 bits per heavy atom. The van der Waals surface area contributed by atoms with Crippen molar-refractivity contribution in [2.75, 3.05) is 88.8 Å². The maximum atomic E-state index is 13.1. The number of likely N-dealkylation sites (tertiary alicyclic amines) is 5. The number of aromatic carboxylic acids is 1. The summed E-state index contributed by atoms with van der Waals surface area (Å²) in [5, 5.41) is 24.0. The van der Waals surface area contributed by atoms with Crippen LogP contribution in [-0.4, -0.2) is 229 Å². The van der Waals surface area contributed by atoms with E-state index in [1.165, 1.54) is 60.7 Å². The molecule has 8 bridgehead atoms. The summed E-state index contributed by atoms with van der Waals surface area (Å²) < 4.78 is 162. The van der Waals surface area contributed by atoms with Crippen LogP contribution in [0, 0.1) is 55.4 Å². The molecule has 0 spiro atoms. The van der Waals surface area contributed by atoms with Crippen LogP contribution in [0.3, 0.4) is 0 Å². The van der Waals surface area contributed by atoms with Crippen molar-refractivity contribution >= 4 is 82.4 Å². The first-order valence-electron chi connectivity index (χ1n) is 38.7. The predicted octanol–water partition coefficient (Wildman–Crippen LogP) is 17.0. The van der Waals surface area contributed by atoms with Crippen LogP contribution in [0.2, 0.25) is 5.28 Å². The first-order chi connectivity index (χ1) is 56.6. The van der Waals surface area contributed by atoms with E-state index in [4.69, 9.17) is 61.2 Å². The largest absolute Gasteiger partial charge is 0.478 e. The van der Waals surface area contributed by atoms with Crippen LogP contribution in [0.1, 0.15) is 155 Å². The van der Waals surface area contributed by atoms with Crippen molar-refractivity contribution in [1.29, 1.82) is 5.26 Å². The van der Waals surface area contributed by atoms with E-state index in [9.17, 15) is 81.5 Å². The van der Waals surface area contributed by atoms with Gasteiger partial charge in [0.1, 0.15) is 23.0 Å². The van der Waals surface area contributed by atoms with Gasteiger partial charge in [0.25, 0.3) is 23.5 Å². The first-order valence-corrected chi connectivity index (χ1v) is 40.2. The molecule has 8 fully saturated rings. The standard InChI is InChI=1S/C21H20F3N5O.C20H25F3N2O3.C15H17F3N2O.C11H20N2O2.C9H7F3O2.C6H4ClN3.CH2Cl2.CH4/c1-13-7-18(25-2)27-20(26-13)29-11-14-8-16(29)12-28(10-14)19(30)17-6-4-3-5-15(17)9-21(22,23)24;1-19(2,3)28-18(27)25-11-13-8-15(25)12-24(10-13)17(26)16-7-5-4-6-14(16)9-20(21,22)23;16-15(17,18)6-11-3-1-2-4-13(11)14(21)20-8-10-5-12(9-20)19-7-10;1-11(2,3)15-10(14)13-7-8-4-9(13)6-12-5-8;10-9(11,12)5-6-3-1-2-4-7(6)8(13)14;1-4-2-5(3-8)10-6(7)9-4;2-1-3;/h3-7,14,16H,8-12H2,1H3;4-7,13,15H,8-12H2,1-3H3;1-4,10,12,19H,5-9H2;8-9,12H,4-7H2,1-3H3;1-4H,5H2,(H,13,14);2H,1H3;1H2;1H4. The number of halogens is 15. The highest BCUT2D eigenvalue weighted by atomic mass is 35.5. The molecule has 0 aliphatic carbocycles. The number of anilines is 1. The second-order valence-corrected chi connectivity index (χ2v) is 33.6. The normalized spacial score (nSPS) is 20.5. The Morgan fingerprint density at radius 2 is 0.893 bits per heavy atom. The third kappa shape index (κ3) is 30.6. The van der Waals surface area contributed by atoms with Gasteiger partial charge in [0.15, 0.2) is 0 Å². The van der Waals surface area contributed by atoms with Crippen LogP contribution < -0.4 is 15.5 Å². The summed E-state index contributed by atoms with van der Waals surface area (Å²) >= 11 is 15.0. The van der Waals surface area contributed by atoms with Gasteiger partial charge >= 0.3 is 48.8 Å². The van der Waals surface area contributed by atoms with Crippen molar-refractivity contribution in [2.45, 2.75) is 174 Å². The number of carboxylic acids is 1. The summed E-state index contributed by atoms with van der Waals surface area (Å²) in [6, 6.07) is 28.4. The molecule has 14 rings (SSSR count). The van der Waals surface area contributed by atoms with E-state index in [1.54, 1.807) is 90.6 Å². The van der Waals surface area contributed by atoms with Gasteiger partial charge < -0.3 is 59.5 Å². The number of alkyl halides is 14. The lowest BCUT2D eigenvalue weighted by Gasteiger charge is -2.33. The number of fused-ring (bicyclic) bond motifs is 8. The number of nitrogens with zero attached hydrogens (tertiary/aromatic N) is 12. The number of carboxylic acid groups (broad SMARTS) is 1. The lowest BCUT2D eigenvalue weighted by Crippen LogP contribution is -2.47. The number of aromatic nitrogens is 4. The number of nitriles is 1. The van der Waals surface area contributed by atoms with E-state index in [-0.39, 0.29) is 122 Å². The Balaban J connectivity index is 0.000000207. The van der Waals surface area contributed by atoms with Gasteiger partial charge in [0, 0.05) is 112 Å². The molecule has 8 aliphatic rings. The number of nitrogens with one attached hydrogen (secondary N) is 2. The monoisotopic (exact) mass is 1780 g/mol. The molecule has 664 valence electrons. The summed E-state index contributed by atoms with van der Waals surface area (Å²) in [4.78, 5) is 103. The minimum absolute atomic E-state index is 0.